The van der Waals surface area contributed by atoms with E-state index in [1.165, 1.54) is 0 Å². The van der Waals surface area contributed by atoms with Crippen LogP contribution < -0.4 is 0 Å². The Hall–Kier alpha value is -1.53. The third-order valence-electron chi connectivity index (χ3n) is 2.13. The Kier molecular flexibility index (Phi) is 7.83. The summed E-state index contributed by atoms with van der Waals surface area (Å²) in [7, 11) is 0. The van der Waals surface area contributed by atoms with E-state index in [9.17, 15) is 0 Å². The lowest BCUT2D eigenvalue weighted by Gasteiger charge is -1.97. The van der Waals surface area contributed by atoms with Crippen molar-refractivity contribution in [3.63, 3.8) is 0 Å². The van der Waals surface area contributed by atoms with Gasteiger partial charge in [-0.25, -0.2) is 0 Å². The van der Waals surface area contributed by atoms with E-state index < -0.39 is 0 Å². The Morgan fingerprint density at radius 2 is 1.35 bits per heavy atom. The number of hydrogen-bond donors (Lipinski definition) is 2. The summed E-state index contributed by atoms with van der Waals surface area (Å²) in [6.07, 6.45) is 0.896. The molecule has 2 rings (SSSR count). The SMILES string of the molecule is CCc1ccccc1O.Oc1ccccc1.[PH2-]. The van der Waals surface area contributed by atoms with E-state index in [0.29, 0.717) is 11.5 Å². The van der Waals surface area contributed by atoms with E-state index >= 15 is 0 Å². The highest BCUT2D eigenvalue weighted by Crippen LogP contribution is 2.14. The number of para-hydroxylation sites is 2. The van der Waals surface area contributed by atoms with Gasteiger partial charge in [0.05, 0.1) is 0 Å². The second-order valence-electron chi connectivity index (χ2n) is 3.32. The van der Waals surface area contributed by atoms with Crippen molar-refractivity contribution in [1.29, 1.82) is 0 Å². The van der Waals surface area contributed by atoms with Gasteiger partial charge < -0.3 is 20.1 Å². The molecule has 0 saturated heterocycles. The standard InChI is InChI=1S/C8H10O.C6H6O.H2P/c1-2-7-5-3-4-6-8(7)9;7-6-4-2-1-3-5-6;/h3-6,9H,2H2,1H3;1-5,7H;1H2/q;;-1. The van der Waals surface area contributed by atoms with Gasteiger partial charge in [-0.05, 0) is 30.2 Å². The third-order valence-corrected chi connectivity index (χ3v) is 2.13. The van der Waals surface area contributed by atoms with Crippen LogP contribution in [0.1, 0.15) is 12.5 Å². The molecule has 2 aromatic carbocycles. The van der Waals surface area contributed by atoms with Crippen LogP contribution in [0.15, 0.2) is 54.6 Å². The number of benzene rings is 2. The van der Waals surface area contributed by atoms with Crippen LogP contribution in [-0.2, 0) is 6.42 Å². The van der Waals surface area contributed by atoms with Crippen molar-refractivity contribution in [3.8, 4) is 11.5 Å². The molecule has 17 heavy (non-hydrogen) atoms. The number of phenolic OH excluding ortho intramolecular Hbond substituents is 2. The number of rotatable bonds is 1. The molecule has 0 aliphatic rings. The van der Waals surface area contributed by atoms with Gasteiger partial charge in [0.15, 0.2) is 0 Å². The molecule has 0 unspecified atom stereocenters. The van der Waals surface area contributed by atoms with Gasteiger partial charge in [-0.1, -0.05) is 43.3 Å². The van der Waals surface area contributed by atoms with E-state index in [2.05, 4.69) is 0 Å². The highest BCUT2D eigenvalue weighted by molar-refractivity contribution is 6.92. The maximum absolute atomic E-state index is 9.11. The van der Waals surface area contributed by atoms with Crippen molar-refractivity contribution in [3.05, 3.63) is 60.2 Å². The zero-order valence-corrected chi connectivity index (χ0v) is 11.0. The fourth-order valence-electron chi connectivity index (χ4n) is 1.24. The maximum Gasteiger partial charge on any atom is 0.118 e. The summed E-state index contributed by atoms with van der Waals surface area (Å²) in [4.78, 5) is 0. The minimum atomic E-state index is 0. The minimum absolute atomic E-state index is 0. The van der Waals surface area contributed by atoms with Crippen molar-refractivity contribution in [1.82, 2.24) is 0 Å². The number of hydrogen-bond acceptors (Lipinski definition) is 2. The molecule has 92 valence electrons. The van der Waals surface area contributed by atoms with Crippen LogP contribution in [0.2, 0.25) is 0 Å². The van der Waals surface area contributed by atoms with Gasteiger partial charge in [0, 0.05) is 0 Å². The van der Waals surface area contributed by atoms with E-state index in [-0.39, 0.29) is 9.90 Å². The molecule has 0 radical (unpaired) electrons. The first kappa shape index (κ1) is 15.5. The van der Waals surface area contributed by atoms with Crippen molar-refractivity contribution in [2.24, 2.45) is 0 Å². The van der Waals surface area contributed by atoms with Gasteiger partial charge in [0.2, 0.25) is 0 Å². The lowest BCUT2D eigenvalue weighted by Crippen LogP contribution is -1.77. The van der Waals surface area contributed by atoms with E-state index in [0.717, 1.165) is 12.0 Å². The number of phenols is 2. The first-order valence-electron chi connectivity index (χ1n) is 5.25. The lowest BCUT2D eigenvalue weighted by atomic mass is 10.1. The zero-order chi connectivity index (χ0) is 11.8. The predicted molar refractivity (Wildman–Crippen MR) is 75.3 cm³/mol. The van der Waals surface area contributed by atoms with Gasteiger partial charge in [0.25, 0.3) is 0 Å². The normalized spacial score (nSPS) is 8.53. The topological polar surface area (TPSA) is 40.5 Å². The largest absolute Gasteiger partial charge is 0.577 e. The van der Waals surface area contributed by atoms with Crippen molar-refractivity contribution in [2.45, 2.75) is 13.3 Å². The Balaban J connectivity index is 0.000000292. The highest BCUT2D eigenvalue weighted by Gasteiger charge is 1.92. The van der Waals surface area contributed by atoms with Crippen molar-refractivity contribution < 1.29 is 10.2 Å². The summed E-state index contributed by atoms with van der Waals surface area (Å²) in [5.41, 5.74) is 1.01. The van der Waals surface area contributed by atoms with Crippen LogP contribution in [0.25, 0.3) is 0 Å². The minimum Gasteiger partial charge on any atom is -0.577 e. The summed E-state index contributed by atoms with van der Waals surface area (Å²) in [6, 6.07) is 16.1. The quantitative estimate of drug-likeness (QED) is 0.757. The molecule has 0 spiro atoms. The molecular formula is C14H18O2P-. The summed E-state index contributed by atoms with van der Waals surface area (Å²) < 4.78 is 0. The molecule has 2 aromatic rings. The van der Waals surface area contributed by atoms with Crippen LogP contribution in [0.4, 0.5) is 0 Å². The number of aryl methyl sites for hydroxylation is 1. The monoisotopic (exact) mass is 249 g/mol. The fraction of sp³-hybridized carbons (Fsp3) is 0.143. The van der Waals surface area contributed by atoms with E-state index in [1.807, 2.05) is 31.2 Å². The molecule has 0 aromatic heterocycles. The Bertz CT molecular complexity index is 416. The summed E-state index contributed by atoms with van der Waals surface area (Å²) in [5, 5.41) is 17.7. The lowest BCUT2D eigenvalue weighted by molar-refractivity contribution is 0.469. The molecular weight excluding hydrogens is 231 g/mol. The third kappa shape index (κ3) is 5.94. The van der Waals surface area contributed by atoms with Gasteiger partial charge in [0.1, 0.15) is 11.5 Å². The predicted octanol–water partition coefficient (Wildman–Crippen LogP) is 3.67. The molecule has 2 nitrogen and oxygen atoms in total. The van der Waals surface area contributed by atoms with Crippen LogP contribution in [-0.4, -0.2) is 10.2 Å². The highest BCUT2D eigenvalue weighted by atomic mass is 31.0. The zero-order valence-electron chi connectivity index (χ0n) is 9.88. The molecule has 3 heteroatoms. The average Bonchev–Trinajstić information content (AvgIpc) is 2.31. The average molecular weight is 249 g/mol. The molecule has 0 saturated carbocycles. The smallest absolute Gasteiger partial charge is 0.118 e. The van der Waals surface area contributed by atoms with Crippen molar-refractivity contribution in [2.75, 3.05) is 0 Å². The molecule has 0 heterocycles. The Morgan fingerprint density at radius 1 is 0.824 bits per heavy atom. The summed E-state index contributed by atoms with van der Waals surface area (Å²) >= 11 is 0. The molecule has 0 aliphatic heterocycles. The molecule has 0 fully saturated rings. The number of aromatic hydroxyl groups is 2. The Morgan fingerprint density at radius 3 is 1.71 bits per heavy atom. The van der Waals surface area contributed by atoms with Crippen LogP contribution in [0.5, 0.6) is 11.5 Å². The summed E-state index contributed by atoms with van der Waals surface area (Å²) in [5.74, 6) is 0.725. The second-order valence-corrected chi connectivity index (χ2v) is 3.32. The molecule has 0 bridgehead atoms. The van der Waals surface area contributed by atoms with Gasteiger partial charge in [-0.15, -0.1) is 0 Å². The molecule has 0 atom stereocenters. The molecule has 0 aliphatic carbocycles. The first-order valence-corrected chi connectivity index (χ1v) is 5.25. The molecule has 2 N–H and O–H groups in total. The van der Waals surface area contributed by atoms with Gasteiger partial charge >= 0.3 is 0 Å². The second kappa shape index (κ2) is 8.60. The van der Waals surface area contributed by atoms with Crippen molar-refractivity contribution >= 4 is 9.90 Å². The van der Waals surface area contributed by atoms with Gasteiger partial charge in [-0.3, -0.25) is 0 Å². The van der Waals surface area contributed by atoms with Crippen LogP contribution in [0, 0.1) is 0 Å². The van der Waals surface area contributed by atoms with E-state index in [1.54, 1.807) is 30.3 Å². The molecule has 0 amide bonds. The van der Waals surface area contributed by atoms with Gasteiger partial charge in [-0.2, -0.15) is 0 Å². The first-order chi connectivity index (χ1) is 7.74. The summed E-state index contributed by atoms with van der Waals surface area (Å²) in [6.45, 7) is 2.02. The fourth-order valence-corrected chi connectivity index (χ4v) is 1.24. The van der Waals surface area contributed by atoms with Crippen LogP contribution in [0.3, 0.4) is 0 Å². The Labute approximate surface area is 106 Å². The van der Waals surface area contributed by atoms with E-state index in [4.69, 9.17) is 10.2 Å². The van der Waals surface area contributed by atoms with Crippen LogP contribution >= 0.6 is 9.90 Å². The maximum atomic E-state index is 9.11.